The Balaban J connectivity index is 2.37. The van der Waals surface area contributed by atoms with Crippen molar-refractivity contribution in [1.29, 1.82) is 0 Å². The van der Waals surface area contributed by atoms with Crippen molar-refractivity contribution < 1.29 is 18.3 Å². The quantitative estimate of drug-likeness (QED) is 0.930. The van der Waals surface area contributed by atoms with E-state index in [9.17, 15) is 13.2 Å². The van der Waals surface area contributed by atoms with Gasteiger partial charge in [-0.25, -0.2) is 13.2 Å². The van der Waals surface area contributed by atoms with Crippen molar-refractivity contribution in [1.82, 2.24) is 4.31 Å². The molecule has 0 aromatic carbocycles. The number of carboxylic acids is 1. The molecule has 1 aromatic heterocycles. The summed E-state index contributed by atoms with van der Waals surface area (Å²) in [5.74, 6) is -1.09. The summed E-state index contributed by atoms with van der Waals surface area (Å²) in [6, 6.07) is 1.17. The molecule has 2 rings (SSSR count). The zero-order valence-corrected chi connectivity index (χ0v) is 12.5. The van der Waals surface area contributed by atoms with Crippen LogP contribution in [0.15, 0.2) is 16.3 Å². The van der Waals surface area contributed by atoms with Gasteiger partial charge in [-0.3, -0.25) is 0 Å². The van der Waals surface area contributed by atoms with Crippen LogP contribution in [-0.2, 0) is 10.0 Å². The second-order valence-corrected chi connectivity index (χ2v) is 7.67. The van der Waals surface area contributed by atoms with Gasteiger partial charge in [0.15, 0.2) is 0 Å². The summed E-state index contributed by atoms with van der Waals surface area (Å²) in [6.07, 6.45) is 2.72. The van der Waals surface area contributed by atoms with Crippen LogP contribution in [0.3, 0.4) is 0 Å². The molecule has 7 heteroatoms. The highest BCUT2D eigenvalue weighted by Crippen LogP contribution is 2.31. The number of aromatic carboxylic acids is 1. The fraction of sp³-hybridized carbons (Fsp3) is 0.583. The van der Waals surface area contributed by atoms with E-state index in [1.54, 1.807) is 0 Å². The molecule has 19 heavy (non-hydrogen) atoms. The highest BCUT2D eigenvalue weighted by Gasteiger charge is 2.36. The van der Waals surface area contributed by atoms with E-state index in [2.05, 4.69) is 0 Å². The second kappa shape index (κ2) is 5.22. The van der Waals surface area contributed by atoms with E-state index in [0.717, 1.165) is 30.6 Å². The number of thiophene rings is 1. The molecule has 1 aliphatic heterocycles. The number of carboxylic acid groups (broad SMARTS) is 1. The van der Waals surface area contributed by atoms with Crippen LogP contribution in [0.25, 0.3) is 0 Å². The molecule has 2 heterocycles. The standard InChI is InChI=1S/C12H17NO4S2/c1-8-4-3-5-9(2)13(8)19(16,17)10-6-11(12(14)15)18-7-10/h6-9H,3-5H2,1-2H3,(H,14,15). The van der Waals surface area contributed by atoms with Gasteiger partial charge in [-0.15, -0.1) is 11.3 Å². The largest absolute Gasteiger partial charge is 0.477 e. The molecule has 5 nitrogen and oxygen atoms in total. The zero-order valence-electron chi connectivity index (χ0n) is 10.9. The molecule has 106 valence electrons. The Morgan fingerprint density at radius 2 is 1.95 bits per heavy atom. The summed E-state index contributed by atoms with van der Waals surface area (Å²) in [7, 11) is -3.59. The Kier molecular flexibility index (Phi) is 3.98. The van der Waals surface area contributed by atoms with Gasteiger partial charge in [0.05, 0.1) is 4.90 Å². The van der Waals surface area contributed by atoms with Gasteiger partial charge in [-0.05, 0) is 32.8 Å². The predicted octanol–water partition coefficient (Wildman–Crippen LogP) is 2.40. The fourth-order valence-corrected chi connectivity index (χ4v) is 5.54. The Labute approximate surface area is 116 Å². The maximum atomic E-state index is 12.6. The van der Waals surface area contributed by atoms with Gasteiger partial charge in [-0.2, -0.15) is 4.31 Å². The van der Waals surface area contributed by atoms with E-state index in [-0.39, 0.29) is 21.9 Å². The topological polar surface area (TPSA) is 74.7 Å². The third-order valence-electron chi connectivity index (χ3n) is 3.47. The molecule has 0 bridgehead atoms. The lowest BCUT2D eigenvalue weighted by atomic mass is 10.0. The van der Waals surface area contributed by atoms with E-state index in [0.29, 0.717) is 0 Å². The lowest BCUT2D eigenvalue weighted by Gasteiger charge is -2.37. The lowest BCUT2D eigenvalue weighted by Crippen LogP contribution is -2.47. The van der Waals surface area contributed by atoms with Crippen molar-refractivity contribution >= 4 is 27.3 Å². The van der Waals surface area contributed by atoms with Crippen LogP contribution in [0.1, 0.15) is 42.8 Å². The molecule has 2 unspecified atom stereocenters. The number of piperidine rings is 1. The van der Waals surface area contributed by atoms with Crippen molar-refractivity contribution in [2.45, 2.75) is 50.1 Å². The molecular formula is C12H17NO4S2. The molecule has 2 atom stereocenters. The fourth-order valence-electron chi connectivity index (χ4n) is 2.56. The molecule has 0 saturated carbocycles. The van der Waals surface area contributed by atoms with Gasteiger partial charge in [0.1, 0.15) is 4.88 Å². The van der Waals surface area contributed by atoms with E-state index in [4.69, 9.17) is 5.11 Å². The van der Waals surface area contributed by atoms with E-state index in [1.807, 2.05) is 13.8 Å². The van der Waals surface area contributed by atoms with Crippen LogP contribution in [0.5, 0.6) is 0 Å². The molecule has 1 aromatic rings. The van der Waals surface area contributed by atoms with Crippen LogP contribution in [0, 0.1) is 0 Å². The van der Waals surface area contributed by atoms with Crippen LogP contribution in [0.2, 0.25) is 0 Å². The zero-order chi connectivity index (χ0) is 14.2. The number of sulfonamides is 1. The normalized spacial score (nSPS) is 25.4. The number of carbonyl (C=O) groups is 1. The van der Waals surface area contributed by atoms with Gasteiger partial charge in [0.25, 0.3) is 0 Å². The number of hydrogen-bond donors (Lipinski definition) is 1. The second-order valence-electron chi connectivity index (χ2n) is 4.92. The SMILES string of the molecule is CC1CCCC(C)N1S(=O)(=O)c1csc(C(=O)O)c1. The number of nitrogens with zero attached hydrogens (tertiary/aromatic N) is 1. The maximum absolute atomic E-state index is 12.6. The summed E-state index contributed by atoms with van der Waals surface area (Å²) in [6.45, 7) is 3.80. The van der Waals surface area contributed by atoms with Crippen molar-refractivity contribution in [2.75, 3.05) is 0 Å². The Morgan fingerprint density at radius 1 is 1.37 bits per heavy atom. The highest BCUT2D eigenvalue weighted by atomic mass is 32.2. The molecule has 0 radical (unpaired) electrons. The van der Waals surface area contributed by atoms with Crippen LogP contribution in [0.4, 0.5) is 0 Å². The van der Waals surface area contributed by atoms with Gasteiger partial charge in [0.2, 0.25) is 10.0 Å². The Bertz CT molecular complexity index is 568. The molecule has 0 amide bonds. The van der Waals surface area contributed by atoms with Gasteiger partial charge in [0, 0.05) is 17.5 Å². The van der Waals surface area contributed by atoms with Crippen molar-refractivity contribution in [3.8, 4) is 0 Å². The van der Waals surface area contributed by atoms with E-state index in [1.165, 1.54) is 15.8 Å². The van der Waals surface area contributed by atoms with Crippen molar-refractivity contribution in [3.05, 3.63) is 16.3 Å². The van der Waals surface area contributed by atoms with Gasteiger partial charge >= 0.3 is 5.97 Å². The summed E-state index contributed by atoms with van der Waals surface area (Å²) >= 11 is 0.946. The molecule has 1 fully saturated rings. The summed E-state index contributed by atoms with van der Waals surface area (Å²) in [4.78, 5) is 11.0. The highest BCUT2D eigenvalue weighted by molar-refractivity contribution is 7.89. The molecule has 0 spiro atoms. The summed E-state index contributed by atoms with van der Waals surface area (Å²) in [5, 5.41) is 10.3. The first-order valence-electron chi connectivity index (χ1n) is 6.19. The molecule has 0 aliphatic carbocycles. The average molecular weight is 303 g/mol. The number of hydrogen-bond acceptors (Lipinski definition) is 4. The van der Waals surface area contributed by atoms with Gasteiger partial charge < -0.3 is 5.11 Å². The molecule has 1 N–H and O–H groups in total. The van der Waals surface area contributed by atoms with E-state index >= 15 is 0 Å². The first kappa shape index (κ1) is 14.5. The average Bonchev–Trinajstić information content (AvgIpc) is 2.78. The van der Waals surface area contributed by atoms with Gasteiger partial charge in [-0.1, -0.05) is 6.42 Å². The number of rotatable bonds is 3. The van der Waals surface area contributed by atoms with Crippen LogP contribution >= 0.6 is 11.3 Å². The van der Waals surface area contributed by atoms with Crippen LogP contribution in [-0.4, -0.2) is 35.9 Å². The Morgan fingerprint density at radius 3 is 2.42 bits per heavy atom. The third kappa shape index (κ3) is 2.68. The minimum Gasteiger partial charge on any atom is -0.477 e. The third-order valence-corrected chi connectivity index (χ3v) is 6.65. The minimum absolute atomic E-state index is 0.0399. The summed E-state index contributed by atoms with van der Waals surface area (Å²) in [5.41, 5.74) is 0. The predicted molar refractivity (Wildman–Crippen MR) is 73.1 cm³/mol. The van der Waals surface area contributed by atoms with Crippen molar-refractivity contribution in [2.24, 2.45) is 0 Å². The molecular weight excluding hydrogens is 286 g/mol. The smallest absolute Gasteiger partial charge is 0.345 e. The Hall–Kier alpha value is -0.920. The van der Waals surface area contributed by atoms with E-state index < -0.39 is 16.0 Å². The summed E-state index contributed by atoms with van der Waals surface area (Å²) < 4.78 is 26.7. The molecule has 1 aliphatic rings. The molecule has 1 saturated heterocycles. The minimum atomic E-state index is -3.59. The monoisotopic (exact) mass is 303 g/mol. The maximum Gasteiger partial charge on any atom is 0.345 e. The first-order valence-corrected chi connectivity index (χ1v) is 8.51. The lowest BCUT2D eigenvalue weighted by molar-refractivity contribution is 0.0702. The van der Waals surface area contributed by atoms with Crippen LogP contribution < -0.4 is 0 Å². The van der Waals surface area contributed by atoms with Crippen molar-refractivity contribution in [3.63, 3.8) is 0 Å². The first-order chi connectivity index (χ1) is 8.84.